The number of methoxy groups -OCH3 is 1. The van der Waals surface area contributed by atoms with E-state index >= 15 is 0 Å². The molecule has 3 aliphatic rings. The third-order valence-corrected chi connectivity index (χ3v) is 7.21. The Morgan fingerprint density at radius 1 is 1.07 bits per heavy atom. The van der Waals surface area contributed by atoms with Crippen molar-refractivity contribution in [3.63, 3.8) is 0 Å². The second kappa shape index (κ2) is 9.19. The van der Waals surface area contributed by atoms with E-state index in [2.05, 4.69) is 21.9 Å². The van der Waals surface area contributed by atoms with Crippen molar-refractivity contribution in [3.8, 4) is 5.75 Å². The van der Waals surface area contributed by atoms with E-state index in [9.17, 15) is 9.59 Å². The monoisotopic (exact) mass is 398 g/mol. The number of amides is 2. The Bertz CT molecular complexity index is 711. The van der Waals surface area contributed by atoms with E-state index in [-0.39, 0.29) is 11.8 Å². The van der Waals surface area contributed by atoms with Crippen LogP contribution in [0.15, 0.2) is 24.3 Å². The molecular weight excluding hydrogens is 364 g/mol. The number of hydrogen-bond donors (Lipinski definition) is 0. The molecule has 29 heavy (non-hydrogen) atoms. The second-order valence-electron chi connectivity index (χ2n) is 8.96. The minimum absolute atomic E-state index is 0.247. The zero-order valence-corrected chi connectivity index (χ0v) is 17.6. The normalized spacial score (nSPS) is 25.6. The standard InChI is InChI=1S/C24H34N2O3/c1-29-21-10-7-18(8-11-21)13-16-26-22-14-15-25(17-20(22)9-12-23(26)27)24(28)19-5-3-2-4-6-19/h7-8,10-11,19-20,22H,2-6,9,12-17H2,1H3/t20-,22+/m1/s1. The van der Waals surface area contributed by atoms with Crippen molar-refractivity contribution in [2.75, 3.05) is 26.7 Å². The van der Waals surface area contributed by atoms with Crippen LogP contribution in [0.5, 0.6) is 5.75 Å². The van der Waals surface area contributed by atoms with Gasteiger partial charge in [-0.1, -0.05) is 31.4 Å². The first-order valence-electron chi connectivity index (χ1n) is 11.4. The topological polar surface area (TPSA) is 49.9 Å². The maximum absolute atomic E-state index is 13.0. The van der Waals surface area contributed by atoms with Gasteiger partial charge in [-0.15, -0.1) is 0 Å². The predicted molar refractivity (Wildman–Crippen MR) is 113 cm³/mol. The van der Waals surface area contributed by atoms with Crippen LogP contribution in [0, 0.1) is 11.8 Å². The minimum atomic E-state index is 0.247. The molecule has 1 aromatic rings. The molecule has 0 bridgehead atoms. The van der Waals surface area contributed by atoms with Crippen LogP contribution < -0.4 is 4.74 Å². The summed E-state index contributed by atoms with van der Waals surface area (Å²) in [4.78, 5) is 29.9. The first kappa shape index (κ1) is 20.2. The first-order valence-corrected chi connectivity index (χ1v) is 11.4. The molecule has 2 aliphatic heterocycles. The molecule has 2 atom stereocenters. The average molecular weight is 399 g/mol. The number of hydrogen-bond acceptors (Lipinski definition) is 3. The van der Waals surface area contributed by atoms with Gasteiger partial charge in [-0.3, -0.25) is 9.59 Å². The first-order chi connectivity index (χ1) is 14.2. The van der Waals surface area contributed by atoms with Gasteiger partial charge in [-0.05, 0) is 55.7 Å². The van der Waals surface area contributed by atoms with E-state index in [1.54, 1.807) is 7.11 Å². The molecule has 0 aromatic heterocycles. The summed E-state index contributed by atoms with van der Waals surface area (Å²) in [5.74, 6) is 2.20. The molecule has 0 spiro atoms. The van der Waals surface area contributed by atoms with E-state index in [0.717, 1.165) is 57.5 Å². The lowest BCUT2D eigenvalue weighted by atomic mass is 9.82. The van der Waals surface area contributed by atoms with Crippen molar-refractivity contribution in [1.82, 2.24) is 9.80 Å². The van der Waals surface area contributed by atoms with E-state index < -0.39 is 0 Å². The van der Waals surface area contributed by atoms with Gasteiger partial charge in [0.1, 0.15) is 5.75 Å². The van der Waals surface area contributed by atoms with Gasteiger partial charge in [0.25, 0.3) is 0 Å². The van der Waals surface area contributed by atoms with Crippen molar-refractivity contribution in [3.05, 3.63) is 29.8 Å². The van der Waals surface area contributed by atoms with Crippen molar-refractivity contribution in [2.24, 2.45) is 11.8 Å². The largest absolute Gasteiger partial charge is 0.497 e. The summed E-state index contributed by atoms with van der Waals surface area (Å²) in [5.41, 5.74) is 1.23. The summed E-state index contributed by atoms with van der Waals surface area (Å²) in [6, 6.07) is 8.41. The molecule has 1 saturated carbocycles. The highest BCUT2D eigenvalue weighted by Crippen LogP contribution is 2.33. The third kappa shape index (κ3) is 4.59. The molecule has 4 rings (SSSR count). The van der Waals surface area contributed by atoms with E-state index in [1.807, 2.05) is 12.1 Å². The summed E-state index contributed by atoms with van der Waals surface area (Å²) in [7, 11) is 1.67. The second-order valence-corrected chi connectivity index (χ2v) is 8.96. The van der Waals surface area contributed by atoms with E-state index in [1.165, 1.54) is 24.8 Å². The molecule has 5 nitrogen and oxygen atoms in total. The van der Waals surface area contributed by atoms with E-state index in [0.29, 0.717) is 24.3 Å². The summed E-state index contributed by atoms with van der Waals surface area (Å²) in [6.07, 6.45) is 9.15. The summed E-state index contributed by atoms with van der Waals surface area (Å²) < 4.78 is 5.23. The average Bonchev–Trinajstić information content (AvgIpc) is 2.78. The molecule has 2 heterocycles. The Kier molecular flexibility index (Phi) is 6.41. The molecule has 1 aromatic carbocycles. The number of carbonyl (C=O) groups excluding carboxylic acids is 2. The molecule has 3 fully saturated rings. The number of fused-ring (bicyclic) bond motifs is 1. The molecule has 2 saturated heterocycles. The van der Waals surface area contributed by atoms with Crippen LogP contribution in [0.2, 0.25) is 0 Å². The van der Waals surface area contributed by atoms with Crippen LogP contribution in [0.4, 0.5) is 0 Å². The highest BCUT2D eigenvalue weighted by Gasteiger charge is 2.41. The van der Waals surface area contributed by atoms with Gasteiger partial charge in [0.2, 0.25) is 11.8 Å². The fourth-order valence-corrected chi connectivity index (χ4v) is 5.49. The fraction of sp³-hybridized carbons (Fsp3) is 0.667. The summed E-state index contributed by atoms with van der Waals surface area (Å²) in [5, 5.41) is 0. The SMILES string of the molecule is COc1ccc(CCN2C(=O)CC[C@@H]3CN(C(=O)C4CCCCC4)CC[C@@H]32)cc1. The quantitative estimate of drug-likeness (QED) is 0.761. The van der Waals surface area contributed by atoms with Crippen molar-refractivity contribution >= 4 is 11.8 Å². The van der Waals surface area contributed by atoms with Gasteiger partial charge in [0.05, 0.1) is 7.11 Å². The minimum Gasteiger partial charge on any atom is -0.497 e. The molecule has 0 radical (unpaired) electrons. The number of carbonyl (C=O) groups is 2. The summed E-state index contributed by atoms with van der Waals surface area (Å²) in [6.45, 7) is 2.41. The van der Waals surface area contributed by atoms with Crippen molar-refractivity contribution in [2.45, 2.75) is 63.8 Å². The van der Waals surface area contributed by atoms with Gasteiger partial charge < -0.3 is 14.5 Å². The van der Waals surface area contributed by atoms with Crippen LogP contribution in [0.1, 0.15) is 56.9 Å². The lowest BCUT2D eigenvalue weighted by molar-refractivity contribution is -0.146. The fourth-order valence-electron chi connectivity index (χ4n) is 5.49. The van der Waals surface area contributed by atoms with Crippen LogP contribution in [-0.4, -0.2) is 54.4 Å². The molecular formula is C24H34N2O3. The zero-order chi connectivity index (χ0) is 20.2. The maximum atomic E-state index is 13.0. The molecule has 2 amide bonds. The molecule has 1 aliphatic carbocycles. The number of ether oxygens (including phenoxy) is 1. The molecule has 0 unspecified atom stereocenters. The number of nitrogens with zero attached hydrogens (tertiary/aromatic N) is 2. The van der Waals surface area contributed by atoms with E-state index in [4.69, 9.17) is 4.74 Å². The zero-order valence-electron chi connectivity index (χ0n) is 17.6. The maximum Gasteiger partial charge on any atom is 0.225 e. The Morgan fingerprint density at radius 2 is 1.83 bits per heavy atom. The van der Waals surface area contributed by atoms with Crippen molar-refractivity contribution in [1.29, 1.82) is 0 Å². The Hall–Kier alpha value is -2.04. The van der Waals surface area contributed by atoms with Crippen LogP contribution in [0.3, 0.4) is 0 Å². The van der Waals surface area contributed by atoms with Crippen LogP contribution >= 0.6 is 0 Å². The Balaban J connectivity index is 1.35. The van der Waals surface area contributed by atoms with Gasteiger partial charge in [0, 0.05) is 38.0 Å². The van der Waals surface area contributed by atoms with Gasteiger partial charge in [-0.25, -0.2) is 0 Å². The smallest absolute Gasteiger partial charge is 0.225 e. The van der Waals surface area contributed by atoms with Gasteiger partial charge >= 0.3 is 0 Å². The molecule has 0 N–H and O–H groups in total. The lowest BCUT2D eigenvalue weighted by Gasteiger charge is -2.47. The lowest BCUT2D eigenvalue weighted by Crippen LogP contribution is -2.57. The number of rotatable bonds is 5. The highest BCUT2D eigenvalue weighted by molar-refractivity contribution is 5.80. The number of piperidine rings is 2. The van der Waals surface area contributed by atoms with Crippen LogP contribution in [0.25, 0.3) is 0 Å². The highest BCUT2D eigenvalue weighted by atomic mass is 16.5. The Morgan fingerprint density at radius 3 is 2.55 bits per heavy atom. The van der Waals surface area contributed by atoms with Gasteiger partial charge in [-0.2, -0.15) is 0 Å². The number of benzene rings is 1. The third-order valence-electron chi connectivity index (χ3n) is 7.21. The Labute approximate surface area is 174 Å². The van der Waals surface area contributed by atoms with Gasteiger partial charge in [0.15, 0.2) is 0 Å². The van der Waals surface area contributed by atoms with Crippen molar-refractivity contribution < 1.29 is 14.3 Å². The molecule has 158 valence electrons. The predicted octanol–water partition coefficient (Wildman–Crippen LogP) is 3.66. The number of likely N-dealkylation sites (tertiary alicyclic amines) is 2. The summed E-state index contributed by atoms with van der Waals surface area (Å²) >= 11 is 0. The molecule has 5 heteroatoms. The van der Waals surface area contributed by atoms with Crippen LogP contribution in [-0.2, 0) is 16.0 Å².